The first-order valence-corrected chi connectivity index (χ1v) is 15.8. The van der Waals surface area contributed by atoms with Gasteiger partial charge in [0.15, 0.2) is 5.78 Å². The number of Topliss-reactive ketones (excluding diaryl/α,β-unsaturated/α-hetero) is 1. The Balaban J connectivity index is 1.33. The van der Waals surface area contributed by atoms with Crippen molar-refractivity contribution in [2.75, 3.05) is 11.9 Å². The fourth-order valence-corrected chi connectivity index (χ4v) is 6.79. The zero-order valence-electron chi connectivity index (χ0n) is 26.3. The molecular weight excluding hydrogens is 697 g/mol. The number of nitrogens with zero attached hydrogens (tertiary/aromatic N) is 6. The molecule has 2 aliphatic rings. The first-order valence-electron chi connectivity index (χ1n) is 15.0. The van der Waals surface area contributed by atoms with Crippen molar-refractivity contribution in [2.45, 2.75) is 65.3 Å². The van der Waals surface area contributed by atoms with Crippen LogP contribution in [0.5, 0.6) is 0 Å². The van der Waals surface area contributed by atoms with Gasteiger partial charge in [0.25, 0.3) is 0 Å². The second-order valence-corrected chi connectivity index (χ2v) is 13.2. The maximum atomic E-state index is 14.1. The van der Waals surface area contributed by atoms with Crippen LogP contribution < -0.4 is 10.6 Å². The first-order chi connectivity index (χ1) is 22.6. The summed E-state index contributed by atoms with van der Waals surface area (Å²) >= 11 is 3.28. The predicted molar refractivity (Wildman–Crippen MR) is 171 cm³/mol. The summed E-state index contributed by atoms with van der Waals surface area (Å²) in [4.78, 5) is 66.4. The van der Waals surface area contributed by atoms with Gasteiger partial charge >= 0.3 is 12.1 Å². The quantitative estimate of drug-likeness (QED) is 0.200. The predicted octanol–water partition coefficient (Wildman–Crippen LogP) is 4.46. The molecule has 1 aliphatic heterocycles. The van der Waals surface area contributed by atoms with Crippen molar-refractivity contribution in [1.82, 2.24) is 34.9 Å². The number of alkyl halides is 3. The van der Waals surface area contributed by atoms with E-state index in [1.165, 1.54) is 16.5 Å². The molecule has 1 saturated heterocycles. The van der Waals surface area contributed by atoms with Gasteiger partial charge in [0.2, 0.25) is 11.8 Å². The third kappa shape index (κ3) is 6.16. The summed E-state index contributed by atoms with van der Waals surface area (Å²) in [5.41, 5.74) is 2.63. The van der Waals surface area contributed by atoms with E-state index in [0.717, 1.165) is 16.7 Å². The molecule has 4 aromatic rings. The molecule has 4 heterocycles. The smallest absolute Gasteiger partial charge is 0.348 e. The van der Waals surface area contributed by atoms with Crippen LogP contribution in [0, 0.1) is 26.2 Å². The van der Waals surface area contributed by atoms with E-state index < -0.39 is 41.4 Å². The lowest BCUT2D eigenvalue weighted by atomic mass is 9.99. The zero-order chi connectivity index (χ0) is 34.7. The maximum absolute atomic E-state index is 14.1. The van der Waals surface area contributed by atoms with Gasteiger partial charge in [-0.2, -0.15) is 18.3 Å². The van der Waals surface area contributed by atoms with Gasteiger partial charge in [-0.15, -0.1) is 0 Å². The number of ketones is 1. The molecule has 2 fully saturated rings. The Hall–Kier alpha value is -4.73. The average Bonchev–Trinajstić information content (AvgIpc) is 3.42. The molecule has 2 N–H and O–H groups in total. The van der Waals surface area contributed by atoms with Gasteiger partial charge in [-0.1, -0.05) is 6.07 Å². The van der Waals surface area contributed by atoms with E-state index >= 15 is 0 Å². The van der Waals surface area contributed by atoms with Crippen LogP contribution in [-0.2, 0) is 20.9 Å². The standard InChI is InChI=1S/C32H30BrF3N8O4/c1-15-5-6-24(33)40-28(15)41-29(47)22-9-31(14-39-30(48)32(34,35)36)10-23(31)44(22)25(46)13-43-27-16(2)7-19(20-11-37-18(4)38-12-20)8-21(27)26(42-43)17(3)45/h5-8,11-12,22-23H,9-10,13-14H2,1-4H3,(H,39,48)(H,40,41,47)/t22-,23?,31-/m0/s1. The summed E-state index contributed by atoms with van der Waals surface area (Å²) in [6.45, 7) is 6.00. The highest BCUT2D eigenvalue weighted by Crippen LogP contribution is 2.59. The third-order valence-corrected chi connectivity index (χ3v) is 9.38. The molecule has 3 atom stereocenters. The highest BCUT2D eigenvalue weighted by molar-refractivity contribution is 9.10. The maximum Gasteiger partial charge on any atom is 0.471 e. The number of rotatable bonds is 8. The second kappa shape index (κ2) is 12.1. The Labute approximate surface area is 280 Å². The summed E-state index contributed by atoms with van der Waals surface area (Å²) in [5.74, 6) is -2.63. The molecule has 1 unspecified atom stereocenters. The summed E-state index contributed by atoms with van der Waals surface area (Å²) in [6, 6.07) is 5.43. The molecule has 6 rings (SSSR count). The van der Waals surface area contributed by atoms with E-state index in [0.29, 0.717) is 33.3 Å². The van der Waals surface area contributed by atoms with Crippen molar-refractivity contribution in [1.29, 1.82) is 0 Å². The number of likely N-dealkylation sites (tertiary alicyclic amines) is 1. The van der Waals surface area contributed by atoms with E-state index in [-0.39, 0.29) is 36.8 Å². The number of aryl methyl sites for hydroxylation is 3. The number of carbonyl (C=O) groups is 4. The van der Waals surface area contributed by atoms with Crippen LogP contribution in [0.3, 0.4) is 0 Å². The molecule has 1 aromatic carbocycles. The van der Waals surface area contributed by atoms with E-state index in [2.05, 4.69) is 41.3 Å². The zero-order valence-corrected chi connectivity index (χ0v) is 27.9. The molecule has 0 bridgehead atoms. The molecule has 1 aliphatic carbocycles. The molecule has 12 nitrogen and oxygen atoms in total. The highest BCUT2D eigenvalue weighted by atomic mass is 79.9. The van der Waals surface area contributed by atoms with E-state index in [4.69, 9.17) is 0 Å². The molecule has 0 radical (unpaired) electrons. The minimum absolute atomic E-state index is 0.0278. The molecule has 48 heavy (non-hydrogen) atoms. The van der Waals surface area contributed by atoms with Gasteiger partial charge in [-0.25, -0.2) is 15.0 Å². The van der Waals surface area contributed by atoms with Crippen LogP contribution in [0.2, 0.25) is 0 Å². The Morgan fingerprint density at radius 3 is 2.40 bits per heavy atom. The number of nitrogens with one attached hydrogen (secondary N) is 2. The van der Waals surface area contributed by atoms with E-state index in [9.17, 15) is 32.3 Å². The molecule has 16 heteroatoms. The number of halogens is 4. The number of pyridine rings is 1. The SMILES string of the molecule is CC(=O)c1nn(CC(=O)N2C3C[C@]3(CNC(=O)C(F)(F)F)C[C@H]2C(=O)Nc2nc(Br)ccc2C)c2c(C)cc(-c3cnc(C)nc3)cc12. The Morgan fingerprint density at radius 1 is 1.02 bits per heavy atom. The fourth-order valence-electron chi connectivity index (χ4n) is 6.48. The van der Waals surface area contributed by atoms with Crippen LogP contribution in [0.1, 0.15) is 47.2 Å². The summed E-state index contributed by atoms with van der Waals surface area (Å²) < 4.78 is 40.9. The minimum atomic E-state index is -5.07. The number of aromatic nitrogens is 5. The third-order valence-electron chi connectivity index (χ3n) is 8.94. The van der Waals surface area contributed by atoms with Crippen molar-refractivity contribution in [3.8, 4) is 11.1 Å². The lowest BCUT2D eigenvalue weighted by Crippen LogP contribution is -2.47. The number of benzene rings is 1. The lowest BCUT2D eigenvalue weighted by Gasteiger charge is -2.27. The lowest BCUT2D eigenvalue weighted by molar-refractivity contribution is -0.173. The van der Waals surface area contributed by atoms with Crippen molar-refractivity contribution in [3.05, 3.63) is 63.9 Å². The van der Waals surface area contributed by atoms with Gasteiger partial charge in [0.1, 0.15) is 34.5 Å². The van der Waals surface area contributed by atoms with Gasteiger partial charge in [0, 0.05) is 48.3 Å². The summed E-state index contributed by atoms with van der Waals surface area (Å²) in [7, 11) is 0. The van der Waals surface area contributed by atoms with Gasteiger partial charge in [-0.05, 0) is 84.4 Å². The van der Waals surface area contributed by atoms with E-state index in [1.54, 1.807) is 44.4 Å². The fraction of sp³-hybridized carbons (Fsp3) is 0.375. The van der Waals surface area contributed by atoms with Gasteiger partial charge < -0.3 is 15.5 Å². The number of hydrogen-bond donors (Lipinski definition) is 2. The highest BCUT2D eigenvalue weighted by Gasteiger charge is 2.67. The molecule has 1 saturated carbocycles. The molecular formula is C32H30BrF3N8O4. The Bertz CT molecular complexity index is 2000. The van der Waals surface area contributed by atoms with Crippen molar-refractivity contribution in [3.63, 3.8) is 0 Å². The minimum Gasteiger partial charge on any atom is -0.348 e. The number of piperidine rings is 1. The van der Waals surface area contributed by atoms with Gasteiger partial charge in [-0.3, -0.25) is 23.9 Å². The average molecular weight is 728 g/mol. The van der Waals surface area contributed by atoms with Crippen molar-refractivity contribution >= 4 is 56.2 Å². The molecule has 250 valence electrons. The number of hydrogen-bond acceptors (Lipinski definition) is 8. The van der Waals surface area contributed by atoms with Crippen molar-refractivity contribution in [2.24, 2.45) is 5.41 Å². The largest absolute Gasteiger partial charge is 0.471 e. The number of anilines is 1. The molecule has 0 spiro atoms. The second-order valence-electron chi connectivity index (χ2n) is 12.3. The monoisotopic (exact) mass is 726 g/mol. The van der Waals surface area contributed by atoms with Crippen LogP contribution in [-0.4, -0.2) is 77.9 Å². The van der Waals surface area contributed by atoms with E-state index in [1.807, 2.05) is 18.3 Å². The van der Waals surface area contributed by atoms with Crippen LogP contribution in [0.25, 0.3) is 22.0 Å². The number of amides is 3. The number of fused-ring (bicyclic) bond motifs is 2. The molecule has 3 aromatic heterocycles. The van der Waals surface area contributed by atoms with Crippen LogP contribution in [0.4, 0.5) is 19.0 Å². The number of carbonyl (C=O) groups excluding carboxylic acids is 4. The Morgan fingerprint density at radius 2 is 1.73 bits per heavy atom. The van der Waals surface area contributed by atoms with Gasteiger partial charge in [0.05, 0.1) is 5.52 Å². The Kier molecular flexibility index (Phi) is 8.34. The normalized spacial score (nSPS) is 20.0. The summed E-state index contributed by atoms with van der Waals surface area (Å²) in [6.07, 6.45) is -1.40. The van der Waals surface area contributed by atoms with Crippen LogP contribution in [0.15, 0.2) is 41.3 Å². The first kappa shape index (κ1) is 33.2. The van der Waals surface area contributed by atoms with Crippen LogP contribution >= 0.6 is 15.9 Å². The van der Waals surface area contributed by atoms with Crippen molar-refractivity contribution < 1.29 is 32.3 Å². The summed E-state index contributed by atoms with van der Waals surface area (Å²) in [5, 5.41) is 9.71. The topological polar surface area (TPSA) is 152 Å². The molecule has 3 amide bonds.